The summed E-state index contributed by atoms with van der Waals surface area (Å²) in [6.07, 6.45) is 5.32. The summed E-state index contributed by atoms with van der Waals surface area (Å²) in [4.78, 5) is 3.96. The smallest absolute Gasteiger partial charge is 0.0621 e. The van der Waals surface area contributed by atoms with Gasteiger partial charge in [-0.2, -0.15) is 0 Å². The van der Waals surface area contributed by atoms with Crippen LogP contribution in [0.15, 0.2) is 18.5 Å². The predicted octanol–water partition coefficient (Wildman–Crippen LogP) is 3.04. The average molecular weight is 227 g/mol. The lowest BCUT2D eigenvalue weighted by atomic mass is 9.84. The Morgan fingerprint density at radius 2 is 2.13 bits per heavy atom. The van der Waals surface area contributed by atoms with Gasteiger partial charge in [0.25, 0.3) is 0 Å². The molecule has 0 fully saturated rings. The van der Waals surface area contributed by atoms with Crippen molar-refractivity contribution in [3.05, 3.63) is 29.0 Å². The molecule has 1 rings (SSSR count). The summed E-state index contributed by atoms with van der Waals surface area (Å²) in [5.41, 5.74) is 7.37. The lowest BCUT2D eigenvalue weighted by Gasteiger charge is -2.27. The molecule has 3 heteroatoms. The predicted molar refractivity (Wildman–Crippen MR) is 65.0 cm³/mol. The third-order valence-electron chi connectivity index (χ3n) is 2.69. The van der Waals surface area contributed by atoms with E-state index >= 15 is 0 Å². The second-order valence-electron chi connectivity index (χ2n) is 4.98. The van der Waals surface area contributed by atoms with Gasteiger partial charge in [-0.25, -0.2) is 0 Å². The van der Waals surface area contributed by atoms with E-state index in [2.05, 4.69) is 25.8 Å². The highest BCUT2D eigenvalue weighted by atomic mass is 35.5. The van der Waals surface area contributed by atoms with E-state index in [9.17, 15) is 0 Å². The van der Waals surface area contributed by atoms with Crippen molar-refractivity contribution < 1.29 is 0 Å². The fourth-order valence-electron chi connectivity index (χ4n) is 1.35. The zero-order chi connectivity index (χ0) is 11.5. The molecular weight excluding hydrogens is 208 g/mol. The number of nitrogens with zero attached hydrogens (tertiary/aromatic N) is 1. The first-order chi connectivity index (χ1) is 6.91. The van der Waals surface area contributed by atoms with Crippen LogP contribution >= 0.6 is 11.6 Å². The zero-order valence-corrected chi connectivity index (χ0v) is 10.4. The van der Waals surface area contributed by atoms with Crippen molar-refractivity contribution in [2.24, 2.45) is 11.1 Å². The van der Waals surface area contributed by atoms with Crippen LogP contribution in [0.25, 0.3) is 0 Å². The average Bonchev–Trinajstić information content (AvgIpc) is 2.14. The fourth-order valence-corrected chi connectivity index (χ4v) is 1.56. The molecule has 1 heterocycles. The Balaban J connectivity index is 2.55. The molecule has 0 saturated heterocycles. The molecule has 15 heavy (non-hydrogen) atoms. The van der Waals surface area contributed by atoms with Gasteiger partial charge in [0.2, 0.25) is 0 Å². The maximum atomic E-state index is 6.09. The van der Waals surface area contributed by atoms with E-state index in [1.54, 1.807) is 12.4 Å². The van der Waals surface area contributed by atoms with Gasteiger partial charge in [0.05, 0.1) is 5.02 Å². The third kappa shape index (κ3) is 3.80. The Labute approximate surface area is 96.8 Å². The molecule has 0 saturated carbocycles. The quantitative estimate of drug-likeness (QED) is 0.861. The Kier molecular flexibility index (Phi) is 4.12. The van der Waals surface area contributed by atoms with E-state index in [1.165, 1.54) is 0 Å². The standard InChI is InChI=1S/C12H19ClN2/c1-12(2,3)11(14)5-4-9-6-7-15-8-10(9)13/h6-8,11H,4-5,14H2,1-3H3. The summed E-state index contributed by atoms with van der Waals surface area (Å²) >= 11 is 6.02. The van der Waals surface area contributed by atoms with Crippen molar-refractivity contribution in [2.45, 2.75) is 39.7 Å². The Bertz CT molecular complexity index is 318. The van der Waals surface area contributed by atoms with Crippen molar-refractivity contribution in [3.8, 4) is 0 Å². The Hall–Kier alpha value is -0.600. The lowest BCUT2D eigenvalue weighted by Crippen LogP contribution is -2.35. The molecule has 0 aliphatic rings. The van der Waals surface area contributed by atoms with Gasteiger partial charge in [0, 0.05) is 18.4 Å². The summed E-state index contributed by atoms with van der Waals surface area (Å²) in [7, 11) is 0. The molecule has 0 aliphatic heterocycles. The molecule has 2 nitrogen and oxygen atoms in total. The van der Waals surface area contributed by atoms with Gasteiger partial charge in [-0.05, 0) is 29.9 Å². The molecular formula is C12H19ClN2. The largest absolute Gasteiger partial charge is 0.327 e. The van der Waals surface area contributed by atoms with Gasteiger partial charge in [0.1, 0.15) is 0 Å². The van der Waals surface area contributed by atoms with E-state index in [4.69, 9.17) is 17.3 Å². The van der Waals surface area contributed by atoms with Crippen molar-refractivity contribution in [1.82, 2.24) is 4.98 Å². The van der Waals surface area contributed by atoms with E-state index in [-0.39, 0.29) is 11.5 Å². The second kappa shape index (κ2) is 4.95. The van der Waals surface area contributed by atoms with Crippen LogP contribution in [-0.4, -0.2) is 11.0 Å². The number of hydrogen-bond acceptors (Lipinski definition) is 2. The highest BCUT2D eigenvalue weighted by Gasteiger charge is 2.20. The molecule has 0 amide bonds. The summed E-state index contributed by atoms with van der Waals surface area (Å²) in [5, 5.41) is 0.735. The number of pyridine rings is 1. The van der Waals surface area contributed by atoms with Crippen molar-refractivity contribution in [2.75, 3.05) is 0 Å². The molecule has 0 aliphatic carbocycles. The molecule has 0 aromatic carbocycles. The van der Waals surface area contributed by atoms with Crippen LogP contribution in [0, 0.1) is 5.41 Å². The van der Waals surface area contributed by atoms with Crippen molar-refractivity contribution in [3.63, 3.8) is 0 Å². The third-order valence-corrected chi connectivity index (χ3v) is 3.03. The highest BCUT2D eigenvalue weighted by molar-refractivity contribution is 6.31. The van der Waals surface area contributed by atoms with Gasteiger partial charge in [-0.1, -0.05) is 32.4 Å². The number of nitrogens with two attached hydrogens (primary N) is 1. The first-order valence-electron chi connectivity index (χ1n) is 5.25. The first-order valence-corrected chi connectivity index (χ1v) is 5.63. The minimum atomic E-state index is 0.152. The maximum Gasteiger partial charge on any atom is 0.0621 e. The van der Waals surface area contributed by atoms with Crippen LogP contribution in [0.4, 0.5) is 0 Å². The summed E-state index contributed by atoms with van der Waals surface area (Å²) < 4.78 is 0. The maximum absolute atomic E-state index is 6.09. The van der Waals surface area contributed by atoms with E-state index in [0.717, 1.165) is 23.4 Å². The number of hydrogen-bond donors (Lipinski definition) is 1. The topological polar surface area (TPSA) is 38.9 Å². The summed E-state index contributed by atoms with van der Waals surface area (Å²) in [6, 6.07) is 2.15. The SMILES string of the molecule is CC(C)(C)C(N)CCc1ccncc1Cl. The molecule has 0 bridgehead atoms. The molecule has 84 valence electrons. The minimum Gasteiger partial charge on any atom is -0.327 e. The van der Waals surface area contributed by atoms with Gasteiger partial charge >= 0.3 is 0 Å². The molecule has 1 aromatic heterocycles. The fraction of sp³-hybridized carbons (Fsp3) is 0.583. The number of halogens is 1. The Morgan fingerprint density at radius 3 is 2.67 bits per heavy atom. The molecule has 1 unspecified atom stereocenters. The normalized spacial score (nSPS) is 13.9. The van der Waals surface area contributed by atoms with Gasteiger partial charge in [0.15, 0.2) is 0 Å². The molecule has 1 atom stereocenters. The van der Waals surface area contributed by atoms with E-state index < -0.39 is 0 Å². The number of aromatic nitrogens is 1. The van der Waals surface area contributed by atoms with Crippen LogP contribution in [0.2, 0.25) is 5.02 Å². The van der Waals surface area contributed by atoms with Crippen LogP contribution < -0.4 is 5.73 Å². The van der Waals surface area contributed by atoms with Gasteiger partial charge in [-0.3, -0.25) is 4.98 Å². The molecule has 0 radical (unpaired) electrons. The first kappa shape index (κ1) is 12.5. The molecule has 0 spiro atoms. The van der Waals surface area contributed by atoms with Gasteiger partial charge in [-0.15, -0.1) is 0 Å². The summed E-state index contributed by atoms with van der Waals surface area (Å²) in [6.45, 7) is 6.48. The monoisotopic (exact) mass is 226 g/mol. The summed E-state index contributed by atoms with van der Waals surface area (Å²) in [5.74, 6) is 0. The van der Waals surface area contributed by atoms with E-state index in [1.807, 2.05) is 6.07 Å². The molecule has 2 N–H and O–H groups in total. The van der Waals surface area contributed by atoms with E-state index in [0.29, 0.717) is 0 Å². The minimum absolute atomic E-state index is 0.152. The van der Waals surface area contributed by atoms with Crippen LogP contribution in [0.1, 0.15) is 32.8 Å². The van der Waals surface area contributed by atoms with Gasteiger partial charge < -0.3 is 5.73 Å². The Morgan fingerprint density at radius 1 is 1.47 bits per heavy atom. The van der Waals surface area contributed by atoms with Crippen molar-refractivity contribution >= 4 is 11.6 Å². The van der Waals surface area contributed by atoms with Crippen LogP contribution in [-0.2, 0) is 6.42 Å². The van der Waals surface area contributed by atoms with Crippen molar-refractivity contribution in [1.29, 1.82) is 0 Å². The number of rotatable bonds is 3. The lowest BCUT2D eigenvalue weighted by molar-refractivity contribution is 0.306. The highest BCUT2D eigenvalue weighted by Crippen LogP contribution is 2.23. The zero-order valence-electron chi connectivity index (χ0n) is 9.63. The molecule has 1 aromatic rings. The van der Waals surface area contributed by atoms with Crippen LogP contribution in [0.5, 0.6) is 0 Å². The second-order valence-corrected chi connectivity index (χ2v) is 5.39. The van der Waals surface area contributed by atoms with Crippen LogP contribution in [0.3, 0.4) is 0 Å². The number of aryl methyl sites for hydroxylation is 1.